The fourth-order valence-electron chi connectivity index (χ4n) is 1.91. The van der Waals surface area contributed by atoms with Crippen molar-refractivity contribution in [3.05, 3.63) is 12.4 Å². The number of aliphatic carboxylic acids is 1. The van der Waals surface area contributed by atoms with E-state index in [1.165, 1.54) is 17.1 Å². The molecule has 1 rings (SSSR count). The molecule has 0 amide bonds. The van der Waals surface area contributed by atoms with Crippen LogP contribution in [-0.4, -0.2) is 34.8 Å². The molecule has 1 aromatic heterocycles. The minimum Gasteiger partial charge on any atom is -0.481 e. The third-order valence-electron chi connectivity index (χ3n) is 2.76. The van der Waals surface area contributed by atoms with Gasteiger partial charge in [-0.05, 0) is 20.3 Å². The Kier molecular flexibility index (Phi) is 5.29. The van der Waals surface area contributed by atoms with E-state index in [1.807, 2.05) is 20.8 Å². The Hall–Kier alpha value is -1.41. The Morgan fingerprint density at radius 2 is 2.15 bits per heavy atom. The van der Waals surface area contributed by atoms with Gasteiger partial charge in [0.1, 0.15) is 4.90 Å². The average Bonchev–Trinajstić information content (AvgIpc) is 2.73. The van der Waals surface area contributed by atoms with Crippen LogP contribution in [0.1, 0.15) is 40.0 Å². The zero-order chi connectivity index (χ0) is 15.4. The van der Waals surface area contributed by atoms with Crippen LogP contribution in [0.5, 0.6) is 0 Å². The number of nitrogens with one attached hydrogen (secondary N) is 1. The zero-order valence-corrected chi connectivity index (χ0v) is 12.8. The van der Waals surface area contributed by atoms with Gasteiger partial charge in [0.05, 0.1) is 19.2 Å². The summed E-state index contributed by atoms with van der Waals surface area (Å²) in [5, 5.41) is 12.4. The molecule has 0 bridgehead atoms. The van der Waals surface area contributed by atoms with E-state index < -0.39 is 21.5 Å². The summed E-state index contributed by atoms with van der Waals surface area (Å²) >= 11 is 0. The molecular weight excluding hydrogens is 282 g/mol. The summed E-state index contributed by atoms with van der Waals surface area (Å²) in [5.74, 6) is -0.952. The van der Waals surface area contributed by atoms with E-state index in [4.69, 9.17) is 5.11 Å². The molecule has 0 aliphatic rings. The van der Waals surface area contributed by atoms with Crippen LogP contribution in [-0.2, 0) is 21.4 Å². The summed E-state index contributed by atoms with van der Waals surface area (Å²) in [4.78, 5) is 10.5. The monoisotopic (exact) mass is 303 g/mol. The number of aromatic nitrogens is 2. The van der Waals surface area contributed by atoms with Gasteiger partial charge in [0.15, 0.2) is 0 Å². The molecule has 2 N–H and O–H groups in total. The van der Waals surface area contributed by atoms with Crippen molar-refractivity contribution in [2.24, 2.45) is 0 Å². The first kappa shape index (κ1) is 16.6. The Balaban J connectivity index is 2.80. The van der Waals surface area contributed by atoms with Crippen molar-refractivity contribution in [1.29, 1.82) is 0 Å². The molecule has 7 nitrogen and oxygen atoms in total. The van der Waals surface area contributed by atoms with Gasteiger partial charge in [0.2, 0.25) is 10.0 Å². The highest BCUT2D eigenvalue weighted by molar-refractivity contribution is 7.89. The van der Waals surface area contributed by atoms with E-state index in [0.29, 0.717) is 0 Å². The molecule has 0 spiro atoms. The summed E-state index contributed by atoms with van der Waals surface area (Å²) in [7, 11) is -3.64. The average molecular weight is 303 g/mol. The molecule has 0 unspecified atom stereocenters. The quantitative estimate of drug-likeness (QED) is 0.751. The maximum atomic E-state index is 12.2. The molecule has 0 aromatic carbocycles. The molecule has 20 heavy (non-hydrogen) atoms. The van der Waals surface area contributed by atoms with Gasteiger partial charge < -0.3 is 5.11 Å². The molecule has 1 heterocycles. The van der Waals surface area contributed by atoms with Crippen LogP contribution < -0.4 is 4.72 Å². The van der Waals surface area contributed by atoms with Crippen LogP contribution in [0.3, 0.4) is 0 Å². The predicted octanol–water partition coefficient (Wildman–Crippen LogP) is 1.21. The van der Waals surface area contributed by atoms with Crippen molar-refractivity contribution in [3.63, 3.8) is 0 Å². The van der Waals surface area contributed by atoms with Crippen molar-refractivity contribution < 1.29 is 18.3 Å². The van der Waals surface area contributed by atoms with Gasteiger partial charge >= 0.3 is 5.97 Å². The van der Waals surface area contributed by atoms with Gasteiger partial charge in [-0.15, -0.1) is 0 Å². The lowest BCUT2D eigenvalue weighted by atomic mass is 10.0. The molecule has 0 fully saturated rings. The van der Waals surface area contributed by atoms with Gasteiger partial charge in [-0.25, -0.2) is 13.1 Å². The second kappa shape index (κ2) is 6.36. The van der Waals surface area contributed by atoms with E-state index in [-0.39, 0.29) is 17.9 Å². The van der Waals surface area contributed by atoms with E-state index in [1.54, 1.807) is 0 Å². The van der Waals surface area contributed by atoms with Gasteiger partial charge in [0.25, 0.3) is 0 Å². The van der Waals surface area contributed by atoms with Crippen LogP contribution >= 0.6 is 0 Å². The third-order valence-corrected chi connectivity index (χ3v) is 4.41. The van der Waals surface area contributed by atoms with Crippen LogP contribution in [0.4, 0.5) is 0 Å². The van der Waals surface area contributed by atoms with Crippen LogP contribution in [0.15, 0.2) is 17.3 Å². The lowest BCUT2D eigenvalue weighted by Gasteiger charge is -2.24. The summed E-state index contributed by atoms with van der Waals surface area (Å²) in [5.41, 5.74) is -0.531. The molecule has 8 heteroatoms. The Bertz CT molecular complexity index is 563. The fourth-order valence-corrected chi connectivity index (χ4v) is 3.31. The number of rotatable bonds is 8. The lowest BCUT2D eigenvalue weighted by molar-refractivity contribution is -0.137. The largest absolute Gasteiger partial charge is 0.481 e. The van der Waals surface area contributed by atoms with E-state index in [9.17, 15) is 13.2 Å². The molecular formula is C12H21N3O4S. The van der Waals surface area contributed by atoms with Gasteiger partial charge in [-0.2, -0.15) is 5.10 Å². The zero-order valence-electron chi connectivity index (χ0n) is 12.0. The first-order valence-electron chi connectivity index (χ1n) is 6.44. The van der Waals surface area contributed by atoms with Crippen LogP contribution in [0, 0.1) is 0 Å². The van der Waals surface area contributed by atoms with Crippen LogP contribution in [0.2, 0.25) is 0 Å². The Labute approximate surface area is 119 Å². The summed E-state index contributed by atoms with van der Waals surface area (Å²) < 4.78 is 28.3. The maximum Gasteiger partial charge on any atom is 0.305 e. The van der Waals surface area contributed by atoms with Gasteiger partial charge in [0, 0.05) is 11.7 Å². The predicted molar refractivity (Wildman–Crippen MR) is 73.8 cm³/mol. The highest BCUT2D eigenvalue weighted by Gasteiger charge is 2.26. The van der Waals surface area contributed by atoms with Crippen molar-refractivity contribution in [2.45, 2.75) is 57.0 Å². The Morgan fingerprint density at radius 1 is 1.50 bits per heavy atom. The normalized spacial score (nSPS) is 12.6. The van der Waals surface area contributed by atoms with E-state index in [2.05, 4.69) is 9.82 Å². The van der Waals surface area contributed by atoms with Crippen molar-refractivity contribution >= 4 is 16.0 Å². The first-order chi connectivity index (χ1) is 9.16. The van der Waals surface area contributed by atoms with Crippen LogP contribution in [0.25, 0.3) is 0 Å². The smallest absolute Gasteiger partial charge is 0.305 e. The molecule has 0 atom stereocenters. The molecule has 0 radical (unpaired) electrons. The van der Waals surface area contributed by atoms with Crippen molar-refractivity contribution in [2.75, 3.05) is 0 Å². The van der Waals surface area contributed by atoms with Crippen molar-refractivity contribution in [1.82, 2.24) is 14.5 Å². The summed E-state index contributed by atoms with van der Waals surface area (Å²) in [6, 6.07) is 0. The molecule has 1 aromatic rings. The topological polar surface area (TPSA) is 101 Å². The molecule has 0 aliphatic heterocycles. The second-order valence-electron chi connectivity index (χ2n) is 5.32. The minimum atomic E-state index is -3.64. The highest BCUT2D eigenvalue weighted by Crippen LogP contribution is 2.16. The first-order valence-corrected chi connectivity index (χ1v) is 7.93. The second-order valence-corrected chi connectivity index (χ2v) is 7.00. The third kappa shape index (κ3) is 4.93. The molecule has 0 saturated carbocycles. The van der Waals surface area contributed by atoms with Gasteiger partial charge in [-0.1, -0.05) is 13.3 Å². The van der Waals surface area contributed by atoms with E-state index in [0.717, 1.165) is 12.8 Å². The number of aryl methyl sites for hydroxylation is 1. The number of nitrogens with zero attached hydrogens (tertiary/aromatic N) is 2. The van der Waals surface area contributed by atoms with Gasteiger partial charge in [-0.3, -0.25) is 9.48 Å². The maximum absolute atomic E-state index is 12.2. The number of hydrogen-bond acceptors (Lipinski definition) is 4. The Morgan fingerprint density at radius 3 is 2.70 bits per heavy atom. The number of carbonyl (C=O) groups is 1. The number of sulfonamides is 1. The fraction of sp³-hybridized carbons (Fsp3) is 0.667. The SMILES string of the molecule is CCCC(C)(C)NS(=O)(=O)c1cnn(CCC(=O)O)c1. The lowest BCUT2D eigenvalue weighted by Crippen LogP contribution is -2.43. The number of carboxylic acids is 1. The molecule has 0 aliphatic carbocycles. The van der Waals surface area contributed by atoms with E-state index >= 15 is 0 Å². The minimum absolute atomic E-state index is 0.0482. The molecule has 0 saturated heterocycles. The number of hydrogen-bond donors (Lipinski definition) is 2. The van der Waals surface area contributed by atoms with Crippen molar-refractivity contribution in [3.8, 4) is 0 Å². The number of carboxylic acid groups (broad SMARTS) is 1. The highest BCUT2D eigenvalue weighted by atomic mass is 32.2. The summed E-state index contributed by atoms with van der Waals surface area (Å²) in [6.07, 6.45) is 4.06. The standard InChI is InChI=1S/C12H21N3O4S/c1-4-6-12(2,3)14-20(18,19)10-8-13-15(9-10)7-5-11(16)17/h8-9,14H,4-7H2,1-3H3,(H,16,17). The summed E-state index contributed by atoms with van der Waals surface area (Å²) in [6.45, 7) is 5.77. The molecule has 114 valence electrons.